The Hall–Kier alpha value is -3.27. The Labute approximate surface area is 192 Å². The van der Waals surface area contributed by atoms with E-state index in [-0.39, 0.29) is 17.6 Å². The first-order valence-corrected chi connectivity index (χ1v) is 10.8. The van der Waals surface area contributed by atoms with E-state index in [2.05, 4.69) is 15.0 Å². The number of methoxy groups -OCH3 is 1. The van der Waals surface area contributed by atoms with Crippen molar-refractivity contribution in [1.82, 2.24) is 14.9 Å². The third-order valence-corrected chi connectivity index (χ3v) is 5.23. The van der Waals surface area contributed by atoms with Crippen LogP contribution in [0.1, 0.15) is 32.6 Å². The highest BCUT2D eigenvalue weighted by atomic mass is 19.1. The number of fused-ring (bicyclic) bond motifs is 1. The third kappa shape index (κ3) is 6.85. The zero-order valence-corrected chi connectivity index (χ0v) is 19.2. The third-order valence-electron chi connectivity index (χ3n) is 5.23. The van der Waals surface area contributed by atoms with Crippen molar-refractivity contribution in [1.29, 1.82) is 0 Å². The molecule has 33 heavy (non-hydrogen) atoms. The number of nitrogens with two attached hydrogens (primary N) is 1. The second kappa shape index (κ2) is 11.0. The molecule has 9 nitrogen and oxygen atoms in total. The highest BCUT2D eigenvalue weighted by molar-refractivity contribution is 6.00. The molecule has 0 bridgehead atoms. The monoisotopic (exact) mass is 459 g/mol. The van der Waals surface area contributed by atoms with Crippen LogP contribution in [0.25, 0.3) is 0 Å². The van der Waals surface area contributed by atoms with Gasteiger partial charge in [0.15, 0.2) is 5.96 Å². The summed E-state index contributed by atoms with van der Waals surface area (Å²) in [6, 6.07) is 5.64. The fourth-order valence-electron chi connectivity index (χ4n) is 3.18. The van der Waals surface area contributed by atoms with Crippen LogP contribution in [0.2, 0.25) is 0 Å². The van der Waals surface area contributed by atoms with E-state index < -0.39 is 5.54 Å². The number of ether oxygens (including phenoxy) is 3. The number of carbonyl (C=O) groups is 1. The normalized spacial score (nSPS) is 23.0. The molecule has 2 fully saturated rings. The molecule has 2 N–H and O–H groups in total. The minimum atomic E-state index is -0.452. The smallest absolute Gasteiger partial charge is 0.241 e. The zero-order chi connectivity index (χ0) is 23.8. The first-order chi connectivity index (χ1) is 15.8. The zero-order valence-electron chi connectivity index (χ0n) is 19.2. The van der Waals surface area contributed by atoms with Crippen molar-refractivity contribution in [3.63, 3.8) is 0 Å². The number of rotatable bonds is 3. The summed E-state index contributed by atoms with van der Waals surface area (Å²) >= 11 is 0. The minimum absolute atomic E-state index is 0.0586. The molecule has 1 aliphatic carbocycles. The Bertz CT molecular complexity index is 967. The molecule has 1 saturated carbocycles. The van der Waals surface area contributed by atoms with Gasteiger partial charge in [0.2, 0.25) is 17.7 Å². The summed E-state index contributed by atoms with van der Waals surface area (Å²) in [4.78, 5) is 25.5. The van der Waals surface area contributed by atoms with Crippen LogP contribution < -0.4 is 15.2 Å². The van der Waals surface area contributed by atoms with Gasteiger partial charge in [-0.05, 0) is 37.6 Å². The van der Waals surface area contributed by atoms with Crippen LogP contribution >= 0.6 is 0 Å². The van der Waals surface area contributed by atoms with Gasteiger partial charge in [-0.3, -0.25) is 14.7 Å². The predicted octanol–water partition coefficient (Wildman–Crippen LogP) is 3.16. The number of halogens is 1. The van der Waals surface area contributed by atoms with Crippen LogP contribution in [0.5, 0.6) is 17.5 Å². The first-order valence-electron chi connectivity index (χ1n) is 10.8. The van der Waals surface area contributed by atoms with Gasteiger partial charge >= 0.3 is 0 Å². The van der Waals surface area contributed by atoms with Crippen LogP contribution in [-0.4, -0.2) is 59.6 Å². The van der Waals surface area contributed by atoms with E-state index in [0.717, 1.165) is 6.42 Å². The van der Waals surface area contributed by atoms with Gasteiger partial charge in [-0.15, -0.1) is 0 Å². The topological polar surface area (TPSA) is 112 Å². The quantitative estimate of drug-likeness (QED) is 0.750. The number of carbonyl (C=O) groups excluding carboxylic acids is 1. The summed E-state index contributed by atoms with van der Waals surface area (Å²) < 4.78 is 28.2. The molecule has 1 aromatic heterocycles. The number of amides is 1. The molecular formula is C23H30FN5O4. The van der Waals surface area contributed by atoms with Gasteiger partial charge in [0.05, 0.1) is 37.6 Å². The second-order valence-corrected chi connectivity index (χ2v) is 8.13. The van der Waals surface area contributed by atoms with E-state index in [1.165, 1.54) is 67.9 Å². The largest absolute Gasteiger partial charge is 0.480 e. The lowest BCUT2D eigenvalue weighted by molar-refractivity contribution is -0.139. The number of nitrogens with zero attached hydrogens (tertiary/aromatic N) is 4. The standard InChI is InChI=1S/C11H9FN2O2.C9H15N3O2.C3H6/c1-15-10-6-13-7-11(14-10)16-9-4-2-8(12)3-5-9;1-9-5-14-4-3-6(9)7(13)12(2)8(10)11-9;1-2-3-1/h2-7H,1H3;6H,3-5H2,1-2H3,(H2,10,11);1-3H2. The highest BCUT2D eigenvalue weighted by Crippen LogP contribution is 2.33. The number of hydrogen-bond donors (Lipinski definition) is 1. The van der Waals surface area contributed by atoms with Gasteiger partial charge in [-0.25, -0.2) is 9.38 Å². The fourth-order valence-corrected chi connectivity index (χ4v) is 3.18. The Morgan fingerprint density at radius 2 is 1.85 bits per heavy atom. The molecule has 5 rings (SSSR count). The summed E-state index contributed by atoms with van der Waals surface area (Å²) in [5, 5.41) is 0. The van der Waals surface area contributed by atoms with Gasteiger partial charge in [0, 0.05) is 13.7 Å². The number of aromatic nitrogens is 2. The Morgan fingerprint density at radius 3 is 2.48 bits per heavy atom. The average molecular weight is 460 g/mol. The van der Waals surface area contributed by atoms with Crippen molar-refractivity contribution < 1.29 is 23.4 Å². The summed E-state index contributed by atoms with van der Waals surface area (Å²) in [5.41, 5.74) is 5.21. The molecular weight excluding hydrogens is 429 g/mol. The van der Waals surface area contributed by atoms with E-state index in [1.807, 2.05) is 6.92 Å². The van der Waals surface area contributed by atoms with Crippen molar-refractivity contribution in [2.75, 3.05) is 27.4 Å². The van der Waals surface area contributed by atoms with E-state index in [0.29, 0.717) is 36.7 Å². The molecule has 178 valence electrons. The van der Waals surface area contributed by atoms with Crippen LogP contribution in [0.4, 0.5) is 4.39 Å². The molecule has 10 heteroatoms. The van der Waals surface area contributed by atoms with E-state index >= 15 is 0 Å². The Balaban J connectivity index is 0.000000165. The Kier molecular flexibility index (Phi) is 8.16. The highest BCUT2D eigenvalue weighted by Gasteiger charge is 2.46. The summed E-state index contributed by atoms with van der Waals surface area (Å²) in [6.45, 7) is 3.04. The number of aliphatic imine (C=N–C) groups is 1. The lowest BCUT2D eigenvalue weighted by Crippen LogP contribution is -2.58. The lowest BCUT2D eigenvalue weighted by atomic mass is 9.81. The van der Waals surface area contributed by atoms with Crippen LogP contribution in [0, 0.1) is 11.7 Å². The van der Waals surface area contributed by atoms with E-state index in [1.54, 1.807) is 7.05 Å². The lowest BCUT2D eigenvalue weighted by Gasteiger charge is -2.42. The van der Waals surface area contributed by atoms with Gasteiger partial charge < -0.3 is 19.9 Å². The number of benzene rings is 1. The predicted molar refractivity (Wildman–Crippen MR) is 121 cm³/mol. The van der Waals surface area contributed by atoms with Gasteiger partial charge in [0.1, 0.15) is 11.6 Å². The molecule has 2 aromatic rings. The van der Waals surface area contributed by atoms with Crippen LogP contribution in [0.15, 0.2) is 41.7 Å². The summed E-state index contributed by atoms with van der Waals surface area (Å²) in [6.07, 6.45) is 8.15. The van der Waals surface area contributed by atoms with Gasteiger partial charge in [-0.2, -0.15) is 4.98 Å². The molecule has 2 aliphatic heterocycles. The second-order valence-electron chi connectivity index (χ2n) is 8.13. The molecule has 1 aromatic carbocycles. The molecule has 0 spiro atoms. The van der Waals surface area contributed by atoms with Crippen molar-refractivity contribution in [2.45, 2.75) is 38.1 Å². The van der Waals surface area contributed by atoms with Gasteiger partial charge in [-0.1, -0.05) is 19.3 Å². The summed E-state index contributed by atoms with van der Waals surface area (Å²) in [7, 11) is 3.15. The SMILES string of the molecule is C1CC1.CN1C(=O)C2CCOCC2(C)N=C1N.COc1cncc(Oc2ccc(F)cc2)n1. The average Bonchev–Trinajstić information content (AvgIpc) is 3.69. The minimum Gasteiger partial charge on any atom is -0.480 e. The molecule has 2 unspecified atom stereocenters. The van der Waals surface area contributed by atoms with Crippen molar-refractivity contribution >= 4 is 11.9 Å². The maximum Gasteiger partial charge on any atom is 0.241 e. The summed E-state index contributed by atoms with van der Waals surface area (Å²) in [5.74, 6) is 1.11. The van der Waals surface area contributed by atoms with E-state index in [9.17, 15) is 9.18 Å². The van der Waals surface area contributed by atoms with Crippen LogP contribution in [-0.2, 0) is 9.53 Å². The molecule has 0 radical (unpaired) electrons. The van der Waals surface area contributed by atoms with Crippen molar-refractivity contribution in [3.05, 3.63) is 42.5 Å². The Morgan fingerprint density at radius 1 is 1.18 bits per heavy atom. The maximum atomic E-state index is 12.6. The molecule has 3 aliphatic rings. The first kappa shape index (κ1) is 24.4. The fraction of sp³-hybridized carbons (Fsp3) is 0.478. The molecule has 1 saturated heterocycles. The molecule has 2 atom stereocenters. The van der Waals surface area contributed by atoms with Crippen molar-refractivity contribution in [2.24, 2.45) is 16.6 Å². The number of hydrogen-bond acceptors (Lipinski definition) is 8. The maximum absolute atomic E-state index is 12.6. The van der Waals surface area contributed by atoms with Gasteiger partial charge in [0.25, 0.3) is 0 Å². The molecule has 3 heterocycles. The number of guanidine groups is 1. The van der Waals surface area contributed by atoms with Crippen LogP contribution in [0.3, 0.4) is 0 Å². The van der Waals surface area contributed by atoms with E-state index in [4.69, 9.17) is 19.9 Å². The molecule has 1 amide bonds. The van der Waals surface area contributed by atoms with Crippen molar-refractivity contribution in [3.8, 4) is 17.5 Å².